The minimum absolute atomic E-state index is 0.222. The predicted octanol–water partition coefficient (Wildman–Crippen LogP) is 6.63. The molecule has 0 saturated heterocycles. The Balaban J connectivity index is 1.84. The van der Waals surface area contributed by atoms with Crippen LogP contribution in [0.1, 0.15) is 41.9 Å². The Bertz CT molecular complexity index is 1390. The number of esters is 1. The Labute approximate surface area is 211 Å². The third-order valence-corrected chi connectivity index (χ3v) is 6.74. The minimum Gasteiger partial charge on any atom is -0.462 e. The van der Waals surface area contributed by atoms with E-state index in [4.69, 9.17) is 16.3 Å². The number of allylic oxidation sites excluding steroid dienone is 1. The Kier molecular flexibility index (Phi) is 6.73. The average molecular weight is 489 g/mol. The van der Waals surface area contributed by atoms with Gasteiger partial charge in [0.1, 0.15) is 0 Å². The van der Waals surface area contributed by atoms with Crippen LogP contribution >= 0.6 is 11.6 Å². The van der Waals surface area contributed by atoms with Gasteiger partial charge in [0.2, 0.25) is 0 Å². The highest BCUT2D eigenvalue weighted by Crippen LogP contribution is 2.36. The third kappa shape index (κ3) is 4.44. The summed E-state index contributed by atoms with van der Waals surface area (Å²) in [5, 5.41) is 0.571. The number of nitrogens with zero attached hydrogens (tertiary/aromatic N) is 2. The highest BCUT2D eigenvalue weighted by molar-refractivity contribution is 6.30. The van der Waals surface area contributed by atoms with Crippen LogP contribution in [0.2, 0.25) is 5.02 Å². The molecule has 3 aromatic rings. The SMILES string of the molecule is CCOC(=O)C1=C(C)N(c2ccc(Cl)cc2)C(=O)/C1=C\c1cc(C)n(-c2ccc(C)c(C)c2)c1C. The van der Waals surface area contributed by atoms with Gasteiger partial charge in [-0.2, -0.15) is 0 Å². The number of halogens is 1. The smallest absolute Gasteiger partial charge is 0.340 e. The number of anilines is 1. The van der Waals surface area contributed by atoms with E-state index in [1.807, 2.05) is 19.9 Å². The molecule has 35 heavy (non-hydrogen) atoms. The number of benzene rings is 2. The number of carbonyl (C=O) groups is 2. The van der Waals surface area contributed by atoms with Crippen LogP contribution in [0, 0.1) is 27.7 Å². The van der Waals surface area contributed by atoms with Gasteiger partial charge in [-0.25, -0.2) is 4.79 Å². The summed E-state index contributed by atoms with van der Waals surface area (Å²) in [6, 6.07) is 15.4. The summed E-state index contributed by atoms with van der Waals surface area (Å²) in [7, 11) is 0. The number of carbonyl (C=O) groups excluding carboxylic acids is 2. The number of aryl methyl sites for hydroxylation is 3. The molecule has 0 radical (unpaired) electrons. The van der Waals surface area contributed by atoms with Gasteiger partial charge in [-0.1, -0.05) is 17.7 Å². The molecule has 0 spiro atoms. The lowest BCUT2D eigenvalue weighted by atomic mass is 10.0. The largest absolute Gasteiger partial charge is 0.462 e. The number of amides is 1. The molecule has 0 atom stereocenters. The third-order valence-electron chi connectivity index (χ3n) is 6.48. The zero-order valence-electron chi connectivity index (χ0n) is 20.9. The van der Waals surface area contributed by atoms with Crippen molar-refractivity contribution in [2.24, 2.45) is 0 Å². The van der Waals surface area contributed by atoms with Crippen molar-refractivity contribution in [2.45, 2.75) is 41.5 Å². The Morgan fingerprint density at radius 3 is 2.23 bits per heavy atom. The Morgan fingerprint density at radius 2 is 1.60 bits per heavy atom. The van der Waals surface area contributed by atoms with Crippen molar-refractivity contribution in [3.63, 3.8) is 0 Å². The fraction of sp³-hybridized carbons (Fsp3) is 0.241. The summed E-state index contributed by atoms with van der Waals surface area (Å²) < 4.78 is 7.49. The molecule has 180 valence electrons. The number of hydrogen-bond acceptors (Lipinski definition) is 3. The lowest BCUT2D eigenvalue weighted by Gasteiger charge is -2.18. The fourth-order valence-electron chi connectivity index (χ4n) is 4.53. The highest BCUT2D eigenvalue weighted by Gasteiger charge is 2.38. The summed E-state index contributed by atoms with van der Waals surface area (Å²) >= 11 is 6.05. The molecular formula is C29H29ClN2O3. The van der Waals surface area contributed by atoms with Crippen molar-refractivity contribution in [1.29, 1.82) is 0 Å². The van der Waals surface area contributed by atoms with Gasteiger partial charge >= 0.3 is 5.97 Å². The number of hydrogen-bond donors (Lipinski definition) is 0. The van der Waals surface area contributed by atoms with E-state index < -0.39 is 5.97 Å². The van der Waals surface area contributed by atoms with Gasteiger partial charge < -0.3 is 9.30 Å². The molecule has 6 heteroatoms. The second-order valence-electron chi connectivity index (χ2n) is 8.79. The molecule has 4 rings (SSSR count). The van der Waals surface area contributed by atoms with Crippen molar-refractivity contribution in [3.05, 3.63) is 98.5 Å². The van der Waals surface area contributed by atoms with Gasteiger partial charge in [0.05, 0.1) is 17.8 Å². The van der Waals surface area contributed by atoms with E-state index in [0.717, 1.165) is 22.6 Å². The maximum Gasteiger partial charge on any atom is 0.340 e. The lowest BCUT2D eigenvalue weighted by Crippen LogP contribution is -2.24. The van der Waals surface area contributed by atoms with Crippen molar-refractivity contribution >= 4 is 35.2 Å². The number of aromatic nitrogens is 1. The van der Waals surface area contributed by atoms with Crippen LogP contribution in [0.4, 0.5) is 5.69 Å². The van der Waals surface area contributed by atoms with Crippen molar-refractivity contribution in [1.82, 2.24) is 4.57 Å². The zero-order valence-corrected chi connectivity index (χ0v) is 21.7. The van der Waals surface area contributed by atoms with E-state index >= 15 is 0 Å². The summed E-state index contributed by atoms with van der Waals surface area (Å²) in [5.41, 5.74) is 8.17. The van der Waals surface area contributed by atoms with Crippen LogP contribution < -0.4 is 4.90 Å². The average Bonchev–Trinajstić information content (AvgIpc) is 3.22. The maximum absolute atomic E-state index is 13.6. The molecule has 5 nitrogen and oxygen atoms in total. The topological polar surface area (TPSA) is 51.5 Å². The second kappa shape index (κ2) is 9.59. The van der Waals surface area contributed by atoms with Crippen LogP contribution in [-0.4, -0.2) is 23.1 Å². The molecule has 1 aliphatic rings. The van der Waals surface area contributed by atoms with Crippen molar-refractivity contribution in [2.75, 3.05) is 11.5 Å². The van der Waals surface area contributed by atoms with Crippen LogP contribution in [0.5, 0.6) is 0 Å². The van der Waals surface area contributed by atoms with Crippen LogP contribution in [0.15, 0.2) is 65.4 Å². The number of rotatable bonds is 5. The number of ether oxygens (including phenoxy) is 1. The molecule has 0 saturated carbocycles. The Morgan fingerprint density at radius 1 is 0.943 bits per heavy atom. The molecule has 0 bridgehead atoms. The summed E-state index contributed by atoms with van der Waals surface area (Å²) in [6.07, 6.45) is 1.80. The molecule has 1 aliphatic heterocycles. The molecule has 1 aromatic heterocycles. The lowest BCUT2D eigenvalue weighted by molar-refractivity contribution is -0.138. The Hall–Kier alpha value is -3.57. The van der Waals surface area contributed by atoms with E-state index in [-0.39, 0.29) is 18.1 Å². The van der Waals surface area contributed by atoms with Crippen LogP contribution in [-0.2, 0) is 14.3 Å². The van der Waals surface area contributed by atoms with Gasteiger partial charge in [-0.3, -0.25) is 9.69 Å². The van der Waals surface area contributed by atoms with E-state index in [9.17, 15) is 9.59 Å². The van der Waals surface area contributed by atoms with Crippen molar-refractivity contribution < 1.29 is 14.3 Å². The first-order chi connectivity index (χ1) is 16.6. The van der Waals surface area contributed by atoms with Crippen LogP contribution in [0.3, 0.4) is 0 Å². The predicted molar refractivity (Wildman–Crippen MR) is 141 cm³/mol. The fourth-order valence-corrected chi connectivity index (χ4v) is 4.66. The molecule has 0 aliphatic carbocycles. The zero-order chi connectivity index (χ0) is 25.4. The van der Waals surface area contributed by atoms with E-state index in [1.54, 1.807) is 44.2 Å². The summed E-state index contributed by atoms with van der Waals surface area (Å²) in [6.45, 7) is 12.0. The standard InChI is InChI=1S/C29H29ClN2O3/c1-7-35-29(34)27-21(6)32(24-12-9-23(30)10-13-24)28(33)26(27)16-22-15-19(4)31(20(22)5)25-11-8-17(2)18(3)14-25/h8-16H,7H2,1-6H3/b26-16-. The van der Waals surface area contributed by atoms with E-state index in [0.29, 0.717) is 22.0 Å². The van der Waals surface area contributed by atoms with Gasteiger partial charge in [-0.05, 0) is 107 Å². The van der Waals surface area contributed by atoms with Crippen LogP contribution in [0.25, 0.3) is 11.8 Å². The molecule has 0 unspecified atom stereocenters. The van der Waals surface area contributed by atoms with Gasteiger partial charge in [-0.15, -0.1) is 0 Å². The first kappa shape index (κ1) is 24.6. The highest BCUT2D eigenvalue weighted by atomic mass is 35.5. The molecule has 1 amide bonds. The molecule has 2 aromatic carbocycles. The second-order valence-corrected chi connectivity index (χ2v) is 9.22. The summed E-state index contributed by atoms with van der Waals surface area (Å²) in [5.74, 6) is -0.784. The molecule has 2 heterocycles. The normalized spacial score (nSPS) is 14.9. The van der Waals surface area contributed by atoms with Crippen molar-refractivity contribution in [3.8, 4) is 5.69 Å². The first-order valence-corrected chi connectivity index (χ1v) is 12.0. The van der Waals surface area contributed by atoms with E-state index in [2.05, 4.69) is 36.6 Å². The minimum atomic E-state index is -0.510. The molecular weight excluding hydrogens is 460 g/mol. The summed E-state index contributed by atoms with van der Waals surface area (Å²) in [4.78, 5) is 28.1. The molecule has 0 N–H and O–H groups in total. The van der Waals surface area contributed by atoms with Gasteiger partial charge in [0.25, 0.3) is 5.91 Å². The first-order valence-electron chi connectivity index (χ1n) is 11.6. The van der Waals surface area contributed by atoms with Gasteiger partial charge in [0.15, 0.2) is 0 Å². The van der Waals surface area contributed by atoms with E-state index in [1.165, 1.54) is 16.0 Å². The maximum atomic E-state index is 13.6. The molecule has 0 fully saturated rings. The quantitative estimate of drug-likeness (QED) is 0.299. The monoisotopic (exact) mass is 488 g/mol. The van der Waals surface area contributed by atoms with Gasteiger partial charge in [0, 0.05) is 33.5 Å².